The molecule has 1 aliphatic rings. The molecule has 0 aliphatic heterocycles. The van der Waals surface area contributed by atoms with Crippen LogP contribution in [0.25, 0.3) is 11.8 Å². The number of pyridine rings is 1. The smallest absolute Gasteiger partial charge is 0.330 e. The molecule has 8 heteroatoms. The van der Waals surface area contributed by atoms with Gasteiger partial charge < -0.3 is 9.16 Å². The Kier molecular flexibility index (Phi) is 8.00. The predicted molar refractivity (Wildman–Crippen MR) is 133 cm³/mol. The van der Waals surface area contributed by atoms with Crippen LogP contribution in [0.3, 0.4) is 0 Å². The molecule has 174 valence electrons. The number of hydrogen-bond donors (Lipinski definition) is 0. The maximum atomic E-state index is 11.8. The lowest BCUT2D eigenvalue weighted by molar-refractivity contribution is -0.134. The molecule has 0 unspecified atom stereocenters. The van der Waals surface area contributed by atoms with E-state index < -0.39 is 14.3 Å². The monoisotopic (exact) mass is 473 g/mol. The molecular weight excluding hydrogens is 438 g/mol. The molecule has 1 aliphatic carbocycles. The van der Waals surface area contributed by atoms with Crippen LogP contribution in [0, 0.1) is 0 Å². The number of ether oxygens (including phenoxy) is 1. The SMILES string of the molecule is COC(=O)/C=C/c1nc(SC2CCCC2)n(-c2cccnc2)c1CO[Si](C)(C)C(C)(C)C. The molecule has 0 spiro atoms. The van der Waals surface area contributed by atoms with Crippen LogP contribution in [-0.4, -0.2) is 41.2 Å². The van der Waals surface area contributed by atoms with E-state index in [1.165, 1.54) is 38.9 Å². The van der Waals surface area contributed by atoms with Gasteiger partial charge in [0.1, 0.15) is 0 Å². The van der Waals surface area contributed by atoms with Crippen molar-refractivity contribution in [3.8, 4) is 5.69 Å². The zero-order valence-electron chi connectivity index (χ0n) is 20.1. The van der Waals surface area contributed by atoms with Crippen molar-refractivity contribution in [3.05, 3.63) is 42.0 Å². The van der Waals surface area contributed by atoms with Crippen LogP contribution in [0.4, 0.5) is 0 Å². The Morgan fingerprint density at radius 3 is 2.62 bits per heavy atom. The van der Waals surface area contributed by atoms with Gasteiger partial charge in [0, 0.05) is 17.5 Å². The number of hydrogen-bond acceptors (Lipinski definition) is 6. The number of nitrogens with zero attached hydrogens (tertiary/aromatic N) is 3. The Morgan fingerprint density at radius 2 is 2.03 bits per heavy atom. The topological polar surface area (TPSA) is 66.2 Å². The van der Waals surface area contributed by atoms with Gasteiger partial charge in [-0.1, -0.05) is 45.4 Å². The van der Waals surface area contributed by atoms with Gasteiger partial charge in [-0.05, 0) is 49.2 Å². The van der Waals surface area contributed by atoms with E-state index in [4.69, 9.17) is 14.1 Å². The number of methoxy groups -OCH3 is 1. The summed E-state index contributed by atoms with van der Waals surface area (Å²) in [4.78, 5) is 21.1. The number of carbonyl (C=O) groups excluding carboxylic acids is 1. The molecule has 1 fully saturated rings. The zero-order valence-corrected chi connectivity index (χ0v) is 21.9. The van der Waals surface area contributed by atoms with Gasteiger partial charge in [0.2, 0.25) is 0 Å². The highest BCUT2D eigenvalue weighted by molar-refractivity contribution is 7.99. The van der Waals surface area contributed by atoms with Gasteiger partial charge in [0.25, 0.3) is 0 Å². The minimum atomic E-state index is -1.99. The minimum absolute atomic E-state index is 0.0929. The largest absolute Gasteiger partial charge is 0.466 e. The number of carbonyl (C=O) groups is 1. The second-order valence-corrected chi connectivity index (χ2v) is 15.8. The summed E-state index contributed by atoms with van der Waals surface area (Å²) in [6.45, 7) is 11.6. The van der Waals surface area contributed by atoms with E-state index >= 15 is 0 Å². The van der Waals surface area contributed by atoms with E-state index in [2.05, 4.69) is 43.4 Å². The Bertz CT molecular complexity index is 945. The first-order valence-electron chi connectivity index (χ1n) is 11.2. The molecule has 0 atom stereocenters. The standard InChI is InChI=1S/C24H35N3O3SSi/c1-24(2,3)32(5,6)30-17-21-20(13-14-22(28)29-4)26-23(31-19-11-7-8-12-19)27(21)18-10-9-15-25-16-18/h9-10,13-16,19H,7-8,11-12,17H2,1-6H3/b14-13+. The quantitative estimate of drug-likeness (QED) is 0.266. The maximum absolute atomic E-state index is 11.8. The van der Waals surface area contributed by atoms with Gasteiger partial charge in [-0.15, -0.1) is 0 Å². The van der Waals surface area contributed by atoms with E-state index in [-0.39, 0.29) is 5.04 Å². The van der Waals surface area contributed by atoms with Gasteiger partial charge in [0.15, 0.2) is 13.5 Å². The highest BCUT2D eigenvalue weighted by atomic mass is 32.2. The van der Waals surface area contributed by atoms with Gasteiger partial charge in [-0.3, -0.25) is 9.55 Å². The van der Waals surface area contributed by atoms with Crippen molar-refractivity contribution in [1.82, 2.24) is 14.5 Å². The first-order chi connectivity index (χ1) is 15.1. The van der Waals surface area contributed by atoms with E-state index in [1.807, 2.05) is 30.1 Å². The second kappa shape index (κ2) is 10.4. The molecule has 0 radical (unpaired) electrons. The first-order valence-corrected chi connectivity index (χ1v) is 15.0. The van der Waals surface area contributed by atoms with Crippen molar-refractivity contribution in [3.63, 3.8) is 0 Å². The Hall–Kier alpha value is -1.90. The molecule has 2 heterocycles. The van der Waals surface area contributed by atoms with Crippen molar-refractivity contribution in [2.75, 3.05) is 7.11 Å². The fourth-order valence-corrected chi connectivity index (χ4v) is 5.66. The molecule has 0 bridgehead atoms. The van der Waals surface area contributed by atoms with E-state index in [0.29, 0.717) is 11.9 Å². The average Bonchev–Trinajstić information content (AvgIpc) is 3.38. The van der Waals surface area contributed by atoms with Crippen molar-refractivity contribution in [1.29, 1.82) is 0 Å². The fourth-order valence-electron chi connectivity index (χ4n) is 3.39. The molecule has 1 saturated carbocycles. The lowest BCUT2D eigenvalue weighted by atomic mass is 10.2. The zero-order chi connectivity index (χ0) is 23.4. The summed E-state index contributed by atoms with van der Waals surface area (Å²) in [6, 6.07) is 3.97. The van der Waals surface area contributed by atoms with E-state index in [1.54, 1.807) is 12.3 Å². The molecule has 6 nitrogen and oxygen atoms in total. The maximum Gasteiger partial charge on any atom is 0.330 e. The molecule has 32 heavy (non-hydrogen) atoms. The van der Waals surface area contributed by atoms with E-state index in [0.717, 1.165) is 22.2 Å². The van der Waals surface area contributed by atoms with Crippen LogP contribution in [0.15, 0.2) is 35.8 Å². The molecule has 0 N–H and O–H groups in total. The number of aromatic nitrogens is 3. The van der Waals surface area contributed by atoms with Crippen molar-refractivity contribution in [2.24, 2.45) is 0 Å². The summed E-state index contributed by atoms with van der Waals surface area (Å²) in [5.74, 6) is -0.401. The van der Waals surface area contributed by atoms with Gasteiger partial charge in [-0.25, -0.2) is 9.78 Å². The molecule has 0 saturated heterocycles. The van der Waals surface area contributed by atoms with Crippen LogP contribution < -0.4 is 0 Å². The van der Waals surface area contributed by atoms with Crippen LogP contribution >= 0.6 is 11.8 Å². The highest BCUT2D eigenvalue weighted by Gasteiger charge is 2.37. The third-order valence-electron chi connectivity index (χ3n) is 6.41. The molecule has 2 aromatic rings. The number of rotatable bonds is 8. The van der Waals surface area contributed by atoms with E-state index in [9.17, 15) is 4.79 Å². The molecule has 0 aromatic carbocycles. The number of esters is 1. The summed E-state index contributed by atoms with van der Waals surface area (Å²) in [5, 5.41) is 1.57. The summed E-state index contributed by atoms with van der Waals surface area (Å²) in [7, 11) is -0.613. The van der Waals surface area contributed by atoms with Crippen LogP contribution in [0.1, 0.15) is 57.8 Å². The normalized spacial score (nSPS) is 15.6. The number of thioether (sulfide) groups is 1. The first kappa shape index (κ1) is 24.7. The highest BCUT2D eigenvalue weighted by Crippen LogP contribution is 2.39. The van der Waals surface area contributed by atoms with Crippen LogP contribution in [0.5, 0.6) is 0 Å². The van der Waals surface area contributed by atoms with Crippen molar-refractivity contribution in [2.45, 2.75) is 81.6 Å². The third kappa shape index (κ3) is 5.91. The minimum Gasteiger partial charge on any atom is -0.466 e. The summed E-state index contributed by atoms with van der Waals surface area (Å²) >= 11 is 1.82. The van der Waals surface area contributed by atoms with Crippen LogP contribution in [0.2, 0.25) is 18.1 Å². The summed E-state index contributed by atoms with van der Waals surface area (Å²) in [5.41, 5.74) is 2.62. The van der Waals surface area contributed by atoms with Crippen LogP contribution in [-0.2, 0) is 20.6 Å². The lowest BCUT2D eigenvalue weighted by Gasteiger charge is -2.36. The van der Waals surface area contributed by atoms with Gasteiger partial charge in [-0.2, -0.15) is 0 Å². The van der Waals surface area contributed by atoms with Crippen molar-refractivity contribution < 1.29 is 14.0 Å². The lowest BCUT2D eigenvalue weighted by Crippen LogP contribution is -2.40. The molecule has 2 aromatic heterocycles. The third-order valence-corrected chi connectivity index (χ3v) is 12.2. The Morgan fingerprint density at radius 1 is 1.31 bits per heavy atom. The van der Waals surface area contributed by atoms with Gasteiger partial charge >= 0.3 is 5.97 Å². The predicted octanol–water partition coefficient (Wildman–Crippen LogP) is 6.01. The number of imidazole rings is 1. The Labute approximate surface area is 197 Å². The fraction of sp³-hybridized carbons (Fsp3) is 0.542. The molecular formula is C24H35N3O3SSi. The summed E-state index contributed by atoms with van der Waals surface area (Å²) < 4.78 is 13.6. The average molecular weight is 474 g/mol. The Balaban J connectivity index is 2.07. The van der Waals surface area contributed by atoms with Crippen molar-refractivity contribution >= 4 is 32.1 Å². The molecule has 0 amide bonds. The summed E-state index contributed by atoms with van der Waals surface area (Å²) in [6.07, 6.45) is 11.7. The van der Waals surface area contributed by atoms with Gasteiger partial charge in [0.05, 0.1) is 37.0 Å². The second-order valence-electron chi connectivity index (χ2n) is 9.70. The molecule has 3 rings (SSSR count).